The standard InChI is InChI=1S/C22H18ClF3N2O2/c1-2-14-4-3-5-18(12-14)30-17-9-6-15(7-10-17)27-21(29)28-16-8-11-20(23)19(13-16)22(24,25)26/h3-13H,2H2,1H3,(H2,27,28,29). The van der Waals surface area contributed by atoms with E-state index in [1.165, 1.54) is 6.07 Å². The summed E-state index contributed by atoms with van der Waals surface area (Å²) in [5.41, 5.74) is 0.557. The molecule has 3 rings (SSSR count). The topological polar surface area (TPSA) is 50.4 Å². The maximum absolute atomic E-state index is 12.9. The Balaban J connectivity index is 1.62. The van der Waals surface area contributed by atoms with Crippen molar-refractivity contribution in [3.63, 3.8) is 0 Å². The van der Waals surface area contributed by atoms with E-state index < -0.39 is 22.8 Å². The molecule has 2 amide bonds. The first-order valence-corrected chi connectivity index (χ1v) is 9.44. The molecule has 0 aliphatic rings. The molecule has 0 heterocycles. The third-order valence-electron chi connectivity index (χ3n) is 4.18. The fraction of sp³-hybridized carbons (Fsp3) is 0.136. The van der Waals surface area contributed by atoms with Crippen LogP contribution >= 0.6 is 11.6 Å². The molecule has 0 saturated heterocycles. The molecular formula is C22H18ClF3N2O2. The minimum atomic E-state index is -4.61. The van der Waals surface area contributed by atoms with E-state index in [0.717, 1.165) is 24.1 Å². The molecule has 3 aromatic carbocycles. The zero-order chi connectivity index (χ0) is 21.7. The number of amides is 2. The molecule has 0 fully saturated rings. The van der Waals surface area contributed by atoms with Gasteiger partial charge in [0.05, 0.1) is 10.6 Å². The third kappa shape index (κ3) is 5.67. The van der Waals surface area contributed by atoms with E-state index in [-0.39, 0.29) is 5.69 Å². The lowest BCUT2D eigenvalue weighted by Gasteiger charge is -2.12. The molecule has 8 heteroatoms. The highest BCUT2D eigenvalue weighted by molar-refractivity contribution is 6.31. The van der Waals surface area contributed by atoms with E-state index in [0.29, 0.717) is 17.2 Å². The van der Waals surface area contributed by atoms with Gasteiger partial charge in [-0.05, 0) is 66.6 Å². The van der Waals surface area contributed by atoms with Gasteiger partial charge in [0.2, 0.25) is 0 Å². The van der Waals surface area contributed by atoms with Crippen molar-refractivity contribution >= 4 is 29.0 Å². The molecule has 0 atom stereocenters. The SMILES string of the molecule is CCc1cccc(Oc2ccc(NC(=O)Nc3ccc(Cl)c(C(F)(F)F)c3)cc2)c1. The van der Waals surface area contributed by atoms with Gasteiger partial charge in [0, 0.05) is 11.4 Å². The van der Waals surface area contributed by atoms with Gasteiger partial charge in [-0.1, -0.05) is 30.7 Å². The van der Waals surface area contributed by atoms with Gasteiger partial charge in [-0.15, -0.1) is 0 Å². The second-order valence-electron chi connectivity index (χ2n) is 6.40. The van der Waals surface area contributed by atoms with Crippen molar-refractivity contribution in [2.24, 2.45) is 0 Å². The minimum Gasteiger partial charge on any atom is -0.457 e. The summed E-state index contributed by atoms with van der Waals surface area (Å²) in [7, 11) is 0. The van der Waals surface area contributed by atoms with Gasteiger partial charge < -0.3 is 15.4 Å². The van der Waals surface area contributed by atoms with Crippen LogP contribution in [0.3, 0.4) is 0 Å². The number of alkyl halides is 3. The molecule has 0 aromatic heterocycles. The van der Waals surface area contributed by atoms with Crippen LogP contribution in [0.5, 0.6) is 11.5 Å². The molecule has 0 unspecified atom stereocenters. The van der Waals surface area contributed by atoms with Crippen molar-refractivity contribution in [3.05, 3.63) is 82.9 Å². The third-order valence-corrected chi connectivity index (χ3v) is 4.51. The highest BCUT2D eigenvalue weighted by atomic mass is 35.5. The number of halogens is 4. The average molecular weight is 435 g/mol. The largest absolute Gasteiger partial charge is 0.457 e. The Kier molecular flexibility index (Phi) is 6.52. The second kappa shape index (κ2) is 9.09. The number of benzene rings is 3. The Bertz CT molecular complexity index is 1040. The number of carbonyl (C=O) groups excluding carboxylic acids is 1. The Morgan fingerprint density at radius 1 is 0.933 bits per heavy atom. The summed E-state index contributed by atoms with van der Waals surface area (Å²) in [6.45, 7) is 2.05. The Morgan fingerprint density at radius 2 is 1.60 bits per heavy atom. The Labute approximate surface area is 176 Å². The molecule has 0 spiro atoms. The molecule has 2 N–H and O–H groups in total. The van der Waals surface area contributed by atoms with Crippen LogP contribution in [0.25, 0.3) is 0 Å². The van der Waals surface area contributed by atoms with E-state index in [9.17, 15) is 18.0 Å². The molecular weight excluding hydrogens is 417 g/mol. The van der Waals surface area contributed by atoms with Crippen LogP contribution in [0.1, 0.15) is 18.1 Å². The molecule has 0 aliphatic heterocycles. The summed E-state index contributed by atoms with van der Waals surface area (Å²) < 4.78 is 44.6. The number of rotatable bonds is 5. The molecule has 156 valence electrons. The number of nitrogens with one attached hydrogen (secondary N) is 2. The molecule has 0 saturated carbocycles. The van der Waals surface area contributed by atoms with E-state index >= 15 is 0 Å². The van der Waals surface area contributed by atoms with Crippen molar-refractivity contribution in [2.75, 3.05) is 10.6 Å². The van der Waals surface area contributed by atoms with Crippen molar-refractivity contribution in [2.45, 2.75) is 19.5 Å². The highest BCUT2D eigenvalue weighted by Gasteiger charge is 2.33. The van der Waals surface area contributed by atoms with E-state index in [2.05, 4.69) is 17.6 Å². The van der Waals surface area contributed by atoms with Crippen molar-refractivity contribution in [1.82, 2.24) is 0 Å². The molecule has 4 nitrogen and oxygen atoms in total. The summed E-state index contributed by atoms with van der Waals surface area (Å²) in [6.07, 6.45) is -3.72. The lowest BCUT2D eigenvalue weighted by Crippen LogP contribution is -2.19. The number of aryl methyl sites for hydroxylation is 1. The number of hydrogen-bond donors (Lipinski definition) is 2. The van der Waals surface area contributed by atoms with Gasteiger partial charge >= 0.3 is 12.2 Å². The Morgan fingerprint density at radius 3 is 2.27 bits per heavy atom. The van der Waals surface area contributed by atoms with Crippen LogP contribution in [0.15, 0.2) is 66.7 Å². The molecule has 0 bridgehead atoms. The van der Waals surface area contributed by atoms with Gasteiger partial charge in [-0.2, -0.15) is 13.2 Å². The predicted octanol–water partition coefficient (Wildman–Crippen LogP) is 7.36. The molecule has 30 heavy (non-hydrogen) atoms. The zero-order valence-corrected chi connectivity index (χ0v) is 16.6. The molecule has 0 aliphatic carbocycles. The number of hydrogen-bond acceptors (Lipinski definition) is 2. The molecule has 0 radical (unpaired) electrons. The maximum atomic E-state index is 12.9. The number of ether oxygens (including phenoxy) is 1. The normalized spacial score (nSPS) is 11.1. The summed E-state index contributed by atoms with van der Waals surface area (Å²) >= 11 is 5.58. The minimum absolute atomic E-state index is 0.0278. The fourth-order valence-corrected chi connectivity index (χ4v) is 2.91. The summed E-state index contributed by atoms with van der Waals surface area (Å²) in [5, 5.41) is 4.47. The van der Waals surface area contributed by atoms with Crippen LogP contribution in [0.4, 0.5) is 29.3 Å². The van der Waals surface area contributed by atoms with Crippen LogP contribution in [0, 0.1) is 0 Å². The highest BCUT2D eigenvalue weighted by Crippen LogP contribution is 2.36. The fourth-order valence-electron chi connectivity index (χ4n) is 2.68. The monoisotopic (exact) mass is 434 g/mol. The Hall–Kier alpha value is -3.19. The van der Waals surface area contributed by atoms with Crippen molar-refractivity contribution < 1.29 is 22.7 Å². The van der Waals surface area contributed by atoms with Crippen LogP contribution in [-0.2, 0) is 12.6 Å². The van der Waals surface area contributed by atoms with Crippen LogP contribution in [0.2, 0.25) is 5.02 Å². The first kappa shape index (κ1) is 21.5. The second-order valence-corrected chi connectivity index (χ2v) is 6.81. The lowest BCUT2D eigenvalue weighted by atomic mass is 10.2. The zero-order valence-electron chi connectivity index (χ0n) is 15.9. The van der Waals surface area contributed by atoms with Crippen molar-refractivity contribution in [1.29, 1.82) is 0 Å². The van der Waals surface area contributed by atoms with Gasteiger partial charge in [0.1, 0.15) is 11.5 Å². The number of carbonyl (C=O) groups is 1. The van der Waals surface area contributed by atoms with Gasteiger partial charge in [0.15, 0.2) is 0 Å². The average Bonchev–Trinajstić information content (AvgIpc) is 2.70. The molecule has 3 aromatic rings. The maximum Gasteiger partial charge on any atom is 0.417 e. The van der Waals surface area contributed by atoms with E-state index in [1.807, 2.05) is 24.3 Å². The summed E-state index contributed by atoms with van der Waals surface area (Å²) in [6, 6.07) is 16.8. The number of anilines is 2. The first-order chi connectivity index (χ1) is 14.2. The van der Waals surface area contributed by atoms with Crippen LogP contribution in [-0.4, -0.2) is 6.03 Å². The quantitative estimate of drug-likeness (QED) is 0.440. The number of urea groups is 1. The van der Waals surface area contributed by atoms with Gasteiger partial charge in [-0.25, -0.2) is 4.79 Å². The predicted molar refractivity (Wildman–Crippen MR) is 111 cm³/mol. The van der Waals surface area contributed by atoms with Gasteiger partial charge in [-0.3, -0.25) is 0 Å². The van der Waals surface area contributed by atoms with Gasteiger partial charge in [0.25, 0.3) is 0 Å². The van der Waals surface area contributed by atoms with Crippen molar-refractivity contribution in [3.8, 4) is 11.5 Å². The lowest BCUT2D eigenvalue weighted by molar-refractivity contribution is -0.137. The van der Waals surface area contributed by atoms with E-state index in [1.54, 1.807) is 24.3 Å². The first-order valence-electron chi connectivity index (χ1n) is 9.06. The summed E-state index contributed by atoms with van der Waals surface area (Å²) in [5.74, 6) is 1.29. The van der Waals surface area contributed by atoms with E-state index in [4.69, 9.17) is 16.3 Å². The van der Waals surface area contributed by atoms with Crippen LogP contribution < -0.4 is 15.4 Å². The summed E-state index contributed by atoms with van der Waals surface area (Å²) in [4.78, 5) is 12.1. The smallest absolute Gasteiger partial charge is 0.417 e.